The summed E-state index contributed by atoms with van der Waals surface area (Å²) in [5, 5.41) is 0. The molecule has 0 aliphatic heterocycles. The van der Waals surface area contributed by atoms with E-state index >= 15 is 0 Å². The van der Waals surface area contributed by atoms with Crippen LogP contribution in [-0.4, -0.2) is 145 Å². The molecule has 0 aromatic carbocycles. The first-order valence-electron chi connectivity index (χ1n) is 0.783. The number of hydrogen-bond acceptors (Lipinski definition) is 1. The van der Waals surface area contributed by atoms with E-state index in [9.17, 15) is 0 Å². The zero-order valence-corrected chi connectivity index (χ0v) is 9.59. The van der Waals surface area contributed by atoms with Gasteiger partial charge in [0, 0.05) is 0 Å². The molecular weight excluding hydrogens is 349 g/mol. The molecule has 17 nitrogen and oxygen atoms in total. The van der Waals surface area contributed by atoms with E-state index < -0.39 is 7.82 Å². The first-order valence-corrected chi connectivity index (χ1v) is 2.35. The van der Waals surface area contributed by atoms with Crippen molar-refractivity contribution in [2.75, 3.05) is 0 Å². The molecule has 0 rings (SSSR count). The fraction of sp³-hybridized carbons (Fsp3) is 0. The van der Waals surface area contributed by atoms with Crippen LogP contribution in [0, 0.1) is 0 Å². The molecule has 20 heteroatoms. The Kier molecular flexibility index (Phi) is 2010. The van der Waals surface area contributed by atoms with Gasteiger partial charge in [-0.1, -0.05) is 0 Å². The van der Waals surface area contributed by atoms with Crippen molar-refractivity contribution in [3.05, 3.63) is 0 Å². The van der Waals surface area contributed by atoms with Crippen molar-refractivity contribution in [1.82, 2.24) is 0 Å². The minimum atomic E-state index is -4.64. The molecule has 0 radical (unpaired) electrons. The Balaban J connectivity index is -0.000000000762. The van der Waals surface area contributed by atoms with Gasteiger partial charge >= 0.3 is 66.9 Å². The summed E-state index contributed by atoms with van der Waals surface area (Å²) < 4.78 is 8.88. The van der Waals surface area contributed by atoms with Gasteiger partial charge in [0.25, 0.3) is 0 Å². The summed E-state index contributed by atoms with van der Waals surface area (Å²) in [7, 11) is -4.64. The normalized spacial score (nSPS) is 2.95. The van der Waals surface area contributed by atoms with Gasteiger partial charge in [-0.15, -0.1) is 0 Å². The van der Waals surface area contributed by atoms with E-state index in [-0.39, 0.29) is 130 Å². The average Bonchev–Trinajstić information content (AvgIpc) is 0.722. The van der Waals surface area contributed by atoms with Crippen LogP contribution in [0.3, 0.4) is 0 Å². The molecule has 0 aliphatic rings. The predicted octanol–water partition coefficient (Wildman–Crippen LogP) is -12.9. The second kappa shape index (κ2) is 137. The Morgan fingerprint density at radius 1 is 0.400 bits per heavy atom. The average molecular weight is 380 g/mol. The zero-order valence-electron chi connectivity index (χ0n) is 8.70. The van der Waals surface area contributed by atoms with E-state index in [0.29, 0.717) is 0 Å². The van der Waals surface area contributed by atoms with Gasteiger partial charge in [0.1, 0.15) is 0 Å². The van der Waals surface area contributed by atoms with E-state index in [2.05, 4.69) is 0 Å². The third-order valence-corrected chi connectivity index (χ3v) is 0. The van der Waals surface area contributed by atoms with Gasteiger partial charge < -0.3 is 85.9 Å². The summed E-state index contributed by atoms with van der Waals surface area (Å²) in [5.74, 6) is 0. The van der Waals surface area contributed by atoms with Gasteiger partial charge in [0.05, 0.1) is 0 Å². The maximum atomic E-state index is 8.88. The van der Waals surface area contributed by atoms with Gasteiger partial charge in [-0.3, -0.25) is 0 Å². The van der Waals surface area contributed by atoms with Crippen LogP contribution < -0.4 is 0 Å². The van der Waals surface area contributed by atoms with Crippen LogP contribution in [0.25, 0.3) is 0 Å². The molecule has 0 aliphatic carbocycles. The van der Waals surface area contributed by atoms with Crippen LogP contribution >= 0.6 is 7.82 Å². The Hall–Kier alpha value is 1.59. The van der Waals surface area contributed by atoms with Crippen LogP contribution in [0.4, 0.5) is 0 Å². The summed E-state index contributed by atoms with van der Waals surface area (Å²) >= 11 is 0. The third kappa shape index (κ3) is 2680. The van der Waals surface area contributed by atoms with Crippen molar-refractivity contribution in [3.8, 4) is 0 Å². The Morgan fingerprint density at radius 2 is 0.400 bits per heavy atom. The van der Waals surface area contributed by atoms with Gasteiger partial charge in [-0.2, -0.15) is 0 Å². The number of rotatable bonds is 0. The second-order valence-corrected chi connectivity index (χ2v) is 1.54. The SMILES string of the molecule is O.O.O.O.O.O.O.O.O.O.O.O.O.O=P(O)(O)O.[NaH].[NaH]. The van der Waals surface area contributed by atoms with Crippen molar-refractivity contribution in [3.63, 3.8) is 0 Å². The molecule has 0 spiro atoms. The molecule has 0 unspecified atom stereocenters. The molecule has 0 amide bonds. The van der Waals surface area contributed by atoms with Crippen molar-refractivity contribution < 1.29 is 90.4 Å². The van der Waals surface area contributed by atoms with Crippen LogP contribution in [0.1, 0.15) is 0 Å². The molecule has 0 heterocycles. The molecule has 0 saturated heterocycles. The Morgan fingerprint density at radius 3 is 0.400 bits per heavy atom. The van der Waals surface area contributed by atoms with Crippen LogP contribution in [0.15, 0.2) is 0 Å². The third-order valence-electron chi connectivity index (χ3n) is 0. The van der Waals surface area contributed by atoms with E-state index in [0.717, 1.165) is 0 Å². The summed E-state index contributed by atoms with van der Waals surface area (Å²) in [6.07, 6.45) is 0. The van der Waals surface area contributed by atoms with Crippen LogP contribution in [-0.2, 0) is 4.57 Å². The fourth-order valence-electron chi connectivity index (χ4n) is 0. The molecule has 0 atom stereocenters. The van der Waals surface area contributed by atoms with E-state index in [4.69, 9.17) is 19.2 Å². The second-order valence-electron chi connectivity index (χ2n) is 0.513. The monoisotopic (exact) mass is 380 g/mol. The summed E-state index contributed by atoms with van der Waals surface area (Å²) in [6.45, 7) is 0. The van der Waals surface area contributed by atoms with Crippen molar-refractivity contribution in [1.29, 1.82) is 0 Å². The summed E-state index contributed by atoms with van der Waals surface area (Å²) in [6, 6.07) is 0. The standard InChI is InChI=1S/2Na.H3O4P.13H2O.2H/c;;1-5(2,3)4;;;;;;;;;;;;;;;/h;;(H3,1,2,3,4);13*1H2;;. The molecule has 0 aromatic heterocycles. The van der Waals surface area contributed by atoms with Crippen LogP contribution in [0.2, 0.25) is 0 Å². The molecule has 0 bridgehead atoms. The molecule has 0 saturated carbocycles. The first-order chi connectivity index (χ1) is 2.00. The predicted molar refractivity (Wildman–Crippen MR) is 75.5 cm³/mol. The number of phosphoric acid groups is 1. The molecular formula is H31Na2O17P. The van der Waals surface area contributed by atoms with E-state index in [1.165, 1.54) is 0 Å². The summed E-state index contributed by atoms with van der Waals surface area (Å²) in [5.41, 5.74) is 0. The van der Waals surface area contributed by atoms with E-state index in [1.54, 1.807) is 0 Å². The Bertz CT molecular complexity index is 61.1. The molecule has 140 valence electrons. The first kappa shape index (κ1) is 293. The van der Waals surface area contributed by atoms with E-state index in [1.807, 2.05) is 0 Å². The summed E-state index contributed by atoms with van der Waals surface area (Å²) in [4.78, 5) is 21.6. The van der Waals surface area contributed by atoms with Crippen LogP contribution in [0.5, 0.6) is 0 Å². The van der Waals surface area contributed by atoms with Gasteiger partial charge in [0.2, 0.25) is 0 Å². The van der Waals surface area contributed by atoms with Gasteiger partial charge in [-0.25, -0.2) is 4.57 Å². The van der Waals surface area contributed by atoms with Crippen molar-refractivity contribution in [2.45, 2.75) is 0 Å². The molecule has 20 heavy (non-hydrogen) atoms. The zero-order chi connectivity index (χ0) is 4.50. The Labute approximate surface area is 156 Å². The van der Waals surface area contributed by atoms with Gasteiger partial charge in [0.15, 0.2) is 0 Å². The quantitative estimate of drug-likeness (QED) is 0.272. The fourth-order valence-corrected chi connectivity index (χ4v) is 0. The molecule has 0 fully saturated rings. The maximum absolute atomic E-state index is 8.88. The topological polar surface area (TPSA) is 487 Å². The molecule has 29 N–H and O–H groups in total. The van der Waals surface area contributed by atoms with Crippen molar-refractivity contribution >= 4 is 66.9 Å². The van der Waals surface area contributed by atoms with Crippen molar-refractivity contribution in [2.24, 2.45) is 0 Å². The van der Waals surface area contributed by atoms with Gasteiger partial charge in [-0.05, 0) is 0 Å². The molecule has 0 aromatic rings. The number of hydrogen-bond donors (Lipinski definition) is 3. The minimum absolute atomic E-state index is 0.